The molecule has 1 rings (SSSR count). The van der Waals surface area contributed by atoms with Crippen LogP contribution in [0.2, 0.25) is 0 Å². The molecule has 152 valence electrons. The number of nitrogens with one attached hydrogen (secondary N) is 3. The Kier molecular flexibility index (Phi) is 10.7. The number of amides is 1. The molecule has 1 aromatic carbocycles. The smallest absolute Gasteiger partial charge is 0.407 e. The van der Waals surface area contributed by atoms with Crippen molar-refractivity contribution in [1.29, 1.82) is 0 Å². The van der Waals surface area contributed by atoms with E-state index in [1.807, 2.05) is 51.1 Å². The number of ether oxygens (including phenoxy) is 2. The molecular weight excluding hydrogens is 344 g/mol. The second-order valence-corrected chi connectivity index (χ2v) is 7.08. The third kappa shape index (κ3) is 12.5. The van der Waals surface area contributed by atoms with Gasteiger partial charge in [-0.05, 0) is 52.2 Å². The Labute approximate surface area is 162 Å². The zero-order valence-electron chi connectivity index (χ0n) is 17.0. The van der Waals surface area contributed by atoms with Crippen LogP contribution < -0.4 is 20.7 Å². The van der Waals surface area contributed by atoms with Crippen LogP contribution in [0.1, 0.15) is 40.0 Å². The van der Waals surface area contributed by atoms with Gasteiger partial charge < -0.3 is 25.4 Å². The second-order valence-electron chi connectivity index (χ2n) is 7.08. The van der Waals surface area contributed by atoms with Gasteiger partial charge >= 0.3 is 6.09 Å². The summed E-state index contributed by atoms with van der Waals surface area (Å²) in [5, 5.41) is 9.23. The van der Waals surface area contributed by atoms with Crippen molar-refractivity contribution in [2.45, 2.75) is 45.6 Å². The van der Waals surface area contributed by atoms with Crippen LogP contribution in [0.5, 0.6) is 5.75 Å². The quantitative estimate of drug-likeness (QED) is 0.331. The number of benzene rings is 1. The highest BCUT2D eigenvalue weighted by Crippen LogP contribution is 2.08. The minimum atomic E-state index is -0.472. The summed E-state index contributed by atoms with van der Waals surface area (Å²) in [4.78, 5) is 15.7. The van der Waals surface area contributed by atoms with E-state index < -0.39 is 5.60 Å². The number of carbonyl (C=O) groups is 1. The highest BCUT2D eigenvalue weighted by Gasteiger charge is 2.15. The van der Waals surface area contributed by atoms with E-state index in [4.69, 9.17) is 9.47 Å². The molecule has 0 aromatic heterocycles. The van der Waals surface area contributed by atoms with Crippen molar-refractivity contribution in [3.8, 4) is 5.75 Å². The van der Waals surface area contributed by atoms with Gasteiger partial charge in [0.25, 0.3) is 0 Å². The molecule has 7 nitrogen and oxygen atoms in total. The third-order valence-corrected chi connectivity index (χ3v) is 3.41. The van der Waals surface area contributed by atoms with Gasteiger partial charge in [0.05, 0.1) is 6.61 Å². The van der Waals surface area contributed by atoms with Gasteiger partial charge in [0.15, 0.2) is 5.96 Å². The van der Waals surface area contributed by atoms with Gasteiger partial charge in [-0.2, -0.15) is 0 Å². The van der Waals surface area contributed by atoms with E-state index >= 15 is 0 Å². The fourth-order valence-corrected chi connectivity index (χ4v) is 2.16. The molecule has 7 heteroatoms. The maximum Gasteiger partial charge on any atom is 0.407 e. The Balaban J connectivity index is 2.01. The van der Waals surface area contributed by atoms with Gasteiger partial charge in [0.2, 0.25) is 0 Å². The molecule has 3 N–H and O–H groups in total. The molecule has 1 aromatic rings. The van der Waals surface area contributed by atoms with Crippen LogP contribution in [0, 0.1) is 0 Å². The number of carbonyl (C=O) groups excluding carboxylic acids is 1. The van der Waals surface area contributed by atoms with E-state index in [2.05, 4.69) is 20.9 Å². The molecule has 0 radical (unpaired) electrons. The number of nitrogens with zero attached hydrogens (tertiary/aromatic N) is 1. The minimum absolute atomic E-state index is 0.386. The Morgan fingerprint density at radius 3 is 2.22 bits per heavy atom. The van der Waals surface area contributed by atoms with E-state index in [1.54, 1.807) is 7.05 Å². The van der Waals surface area contributed by atoms with Crippen LogP contribution in [0.4, 0.5) is 4.79 Å². The largest absolute Gasteiger partial charge is 0.494 e. The van der Waals surface area contributed by atoms with Gasteiger partial charge in [0.1, 0.15) is 11.4 Å². The van der Waals surface area contributed by atoms with Gasteiger partial charge in [-0.15, -0.1) is 0 Å². The van der Waals surface area contributed by atoms with Crippen LogP contribution in [0.15, 0.2) is 35.3 Å². The Hall–Kier alpha value is -2.44. The lowest BCUT2D eigenvalue weighted by atomic mass is 10.2. The molecule has 1 amide bonds. The van der Waals surface area contributed by atoms with Crippen molar-refractivity contribution in [3.05, 3.63) is 30.3 Å². The lowest BCUT2D eigenvalue weighted by Crippen LogP contribution is -2.39. The fourth-order valence-electron chi connectivity index (χ4n) is 2.16. The molecule has 0 aliphatic carbocycles. The molecule has 0 bridgehead atoms. The molecule has 0 heterocycles. The van der Waals surface area contributed by atoms with Crippen LogP contribution in [0.3, 0.4) is 0 Å². The van der Waals surface area contributed by atoms with Crippen LogP contribution in [0.25, 0.3) is 0 Å². The maximum atomic E-state index is 11.5. The highest BCUT2D eigenvalue weighted by atomic mass is 16.6. The first-order valence-electron chi connectivity index (χ1n) is 9.50. The summed E-state index contributed by atoms with van der Waals surface area (Å²) in [6.45, 7) is 8.33. The first-order chi connectivity index (χ1) is 12.9. The van der Waals surface area contributed by atoms with Crippen LogP contribution in [-0.2, 0) is 4.74 Å². The topological polar surface area (TPSA) is 84.0 Å². The Morgan fingerprint density at radius 2 is 1.59 bits per heavy atom. The highest BCUT2D eigenvalue weighted by molar-refractivity contribution is 5.79. The van der Waals surface area contributed by atoms with Gasteiger partial charge in [-0.3, -0.25) is 4.99 Å². The molecule has 0 aliphatic rings. The van der Waals surface area contributed by atoms with Crippen molar-refractivity contribution >= 4 is 12.1 Å². The van der Waals surface area contributed by atoms with Crippen LogP contribution >= 0.6 is 0 Å². The van der Waals surface area contributed by atoms with E-state index in [0.29, 0.717) is 19.7 Å². The molecule has 0 aliphatic heterocycles. The summed E-state index contributed by atoms with van der Waals surface area (Å²) < 4.78 is 10.8. The maximum absolute atomic E-state index is 11.5. The van der Waals surface area contributed by atoms with Crippen molar-refractivity contribution < 1.29 is 14.3 Å². The molecule has 0 fully saturated rings. The van der Waals surface area contributed by atoms with Gasteiger partial charge in [0, 0.05) is 26.7 Å². The predicted molar refractivity (Wildman–Crippen MR) is 109 cm³/mol. The number of guanidine groups is 1. The molecule has 0 spiro atoms. The number of hydrogen-bond donors (Lipinski definition) is 3. The van der Waals surface area contributed by atoms with E-state index in [-0.39, 0.29) is 6.09 Å². The molecule has 0 unspecified atom stereocenters. The minimum Gasteiger partial charge on any atom is -0.494 e. The summed E-state index contributed by atoms with van der Waals surface area (Å²) in [5.74, 6) is 1.67. The summed E-state index contributed by atoms with van der Waals surface area (Å²) in [5.41, 5.74) is -0.472. The first kappa shape index (κ1) is 22.6. The van der Waals surface area contributed by atoms with Gasteiger partial charge in [-0.1, -0.05) is 18.2 Å². The zero-order chi connectivity index (χ0) is 20.0. The van der Waals surface area contributed by atoms with E-state index in [9.17, 15) is 4.79 Å². The Morgan fingerprint density at radius 1 is 0.963 bits per heavy atom. The first-order valence-corrected chi connectivity index (χ1v) is 9.50. The third-order valence-electron chi connectivity index (χ3n) is 3.41. The molecule has 0 saturated heterocycles. The lowest BCUT2D eigenvalue weighted by Gasteiger charge is -2.19. The van der Waals surface area contributed by atoms with Crippen molar-refractivity contribution in [3.63, 3.8) is 0 Å². The zero-order valence-corrected chi connectivity index (χ0v) is 17.0. The number of hydrogen-bond acceptors (Lipinski definition) is 4. The second kappa shape index (κ2) is 12.8. The SMILES string of the molecule is CN=C(NCCCCOc1ccccc1)NCCCNC(=O)OC(C)(C)C. The number of aliphatic imine (C=N–C) groups is 1. The monoisotopic (exact) mass is 378 g/mol. The average Bonchev–Trinajstić information content (AvgIpc) is 2.62. The van der Waals surface area contributed by atoms with Crippen LogP contribution in [-0.4, -0.2) is 50.9 Å². The summed E-state index contributed by atoms with van der Waals surface area (Å²) in [6, 6.07) is 9.83. The molecular formula is C20H34N4O3. The standard InChI is InChI=1S/C20H34N4O3/c1-20(2,3)27-19(25)24-15-10-14-23-18(21-4)22-13-8-9-16-26-17-11-6-5-7-12-17/h5-7,11-12H,8-10,13-16H2,1-4H3,(H,24,25)(H2,21,22,23). The Bertz CT molecular complexity index is 556. The number of unbranched alkanes of at least 4 members (excludes halogenated alkanes) is 1. The van der Waals surface area contributed by atoms with E-state index in [0.717, 1.165) is 37.5 Å². The van der Waals surface area contributed by atoms with Crippen molar-refractivity contribution in [1.82, 2.24) is 16.0 Å². The molecule has 27 heavy (non-hydrogen) atoms. The summed E-state index contributed by atoms with van der Waals surface area (Å²) in [7, 11) is 1.74. The predicted octanol–water partition coefficient (Wildman–Crippen LogP) is 2.93. The lowest BCUT2D eigenvalue weighted by molar-refractivity contribution is 0.0527. The van der Waals surface area contributed by atoms with E-state index in [1.165, 1.54) is 0 Å². The normalized spacial score (nSPS) is 11.6. The molecule has 0 atom stereocenters. The average molecular weight is 379 g/mol. The number of para-hydroxylation sites is 1. The fraction of sp³-hybridized carbons (Fsp3) is 0.600. The number of rotatable bonds is 10. The van der Waals surface area contributed by atoms with Gasteiger partial charge in [-0.25, -0.2) is 4.79 Å². The van der Waals surface area contributed by atoms with Crippen molar-refractivity contribution in [2.24, 2.45) is 4.99 Å². The number of alkyl carbamates (subject to hydrolysis) is 1. The summed E-state index contributed by atoms with van der Waals surface area (Å²) >= 11 is 0. The molecule has 0 saturated carbocycles. The summed E-state index contributed by atoms with van der Waals surface area (Å²) in [6.07, 6.45) is 2.36. The van der Waals surface area contributed by atoms with Crippen molar-refractivity contribution in [2.75, 3.05) is 33.3 Å².